The first-order chi connectivity index (χ1) is 11.9. The highest BCUT2D eigenvalue weighted by atomic mass is 19.4. The molecule has 0 amide bonds. The number of rotatable bonds is 5. The van der Waals surface area contributed by atoms with E-state index in [0.29, 0.717) is 18.2 Å². The number of hydrogen-bond acceptors (Lipinski definition) is 4. The van der Waals surface area contributed by atoms with Gasteiger partial charge in [-0.2, -0.15) is 4.98 Å². The van der Waals surface area contributed by atoms with Gasteiger partial charge in [-0.05, 0) is 29.8 Å². The van der Waals surface area contributed by atoms with Crippen LogP contribution in [0, 0.1) is 0 Å². The van der Waals surface area contributed by atoms with E-state index in [2.05, 4.69) is 14.8 Å². The van der Waals surface area contributed by atoms with Crippen molar-refractivity contribution >= 4 is 5.95 Å². The maximum absolute atomic E-state index is 12.2. The van der Waals surface area contributed by atoms with Gasteiger partial charge in [-0.1, -0.05) is 30.3 Å². The molecule has 0 aliphatic rings. The summed E-state index contributed by atoms with van der Waals surface area (Å²) in [5.74, 6) is 0.234. The summed E-state index contributed by atoms with van der Waals surface area (Å²) < 4.78 is 41.9. The third-order valence-electron chi connectivity index (χ3n) is 3.42. The lowest BCUT2D eigenvalue weighted by Crippen LogP contribution is -2.18. The van der Waals surface area contributed by atoms with Gasteiger partial charge in [0.25, 0.3) is 0 Å². The summed E-state index contributed by atoms with van der Waals surface area (Å²) in [7, 11) is 1.87. The van der Waals surface area contributed by atoms with E-state index < -0.39 is 6.36 Å². The minimum atomic E-state index is -4.71. The molecule has 0 N–H and O–H groups in total. The summed E-state index contributed by atoms with van der Waals surface area (Å²) in [5.41, 5.74) is 1.70. The normalized spacial score (nSPS) is 11.4. The van der Waals surface area contributed by atoms with Gasteiger partial charge in [0, 0.05) is 13.6 Å². The maximum atomic E-state index is 12.2. The third kappa shape index (κ3) is 4.50. The van der Waals surface area contributed by atoms with Crippen molar-refractivity contribution in [3.63, 3.8) is 0 Å². The Hall–Kier alpha value is -3.03. The van der Waals surface area contributed by atoms with Crippen LogP contribution in [0.2, 0.25) is 0 Å². The first-order valence-electron chi connectivity index (χ1n) is 7.44. The van der Waals surface area contributed by atoms with E-state index >= 15 is 0 Å². The average Bonchev–Trinajstić information content (AvgIpc) is 3.05. The van der Waals surface area contributed by atoms with Crippen LogP contribution in [-0.4, -0.2) is 28.2 Å². The molecule has 0 bridgehead atoms. The van der Waals surface area contributed by atoms with Crippen molar-refractivity contribution in [1.82, 2.24) is 14.8 Å². The molecule has 0 unspecified atom stereocenters. The lowest BCUT2D eigenvalue weighted by atomic mass is 10.2. The SMILES string of the molecule is CN(Cc1ccccc1)c1ncn(-c2ccc(OC(F)(F)F)cc2)n1. The Kier molecular flexibility index (Phi) is 4.60. The Morgan fingerprint density at radius 3 is 2.36 bits per heavy atom. The molecule has 0 saturated heterocycles. The van der Waals surface area contributed by atoms with Gasteiger partial charge in [-0.15, -0.1) is 18.3 Å². The van der Waals surface area contributed by atoms with E-state index in [1.807, 2.05) is 42.3 Å². The number of halogens is 3. The summed E-state index contributed by atoms with van der Waals surface area (Å²) in [6, 6.07) is 15.3. The Bertz CT molecular complexity index is 816. The Labute approximate surface area is 142 Å². The zero-order valence-electron chi connectivity index (χ0n) is 13.3. The molecule has 0 radical (unpaired) electrons. The summed E-state index contributed by atoms with van der Waals surface area (Å²) in [6.45, 7) is 0.642. The van der Waals surface area contributed by atoms with E-state index in [4.69, 9.17) is 0 Å². The first kappa shape index (κ1) is 16.8. The third-order valence-corrected chi connectivity index (χ3v) is 3.42. The number of aromatic nitrogens is 3. The molecule has 0 aliphatic carbocycles. The molecule has 0 spiro atoms. The summed E-state index contributed by atoms with van der Waals surface area (Å²) >= 11 is 0. The molecular weight excluding hydrogens is 333 g/mol. The molecule has 1 aromatic heterocycles. The van der Waals surface area contributed by atoms with Crippen LogP contribution >= 0.6 is 0 Å². The molecule has 2 aromatic carbocycles. The number of ether oxygens (including phenoxy) is 1. The van der Waals surface area contributed by atoms with Gasteiger partial charge in [0.05, 0.1) is 5.69 Å². The largest absolute Gasteiger partial charge is 0.573 e. The highest BCUT2D eigenvalue weighted by Gasteiger charge is 2.30. The fraction of sp³-hybridized carbons (Fsp3) is 0.176. The zero-order chi connectivity index (χ0) is 17.9. The standard InChI is InChI=1S/C17H15F3N4O/c1-23(11-13-5-3-2-4-6-13)16-21-12-24(22-16)14-7-9-15(10-8-14)25-17(18,19)20/h2-10,12H,11H2,1H3. The summed E-state index contributed by atoms with van der Waals surface area (Å²) in [4.78, 5) is 6.12. The van der Waals surface area contributed by atoms with Crippen LogP contribution in [0.25, 0.3) is 5.69 Å². The topological polar surface area (TPSA) is 43.2 Å². The highest BCUT2D eigenvalue weighted by molar-refractivity contribution is 5.38. The first-order valence-corrected chi connectivity index (χ1v) is 7.44. The Morgan fingerprint density at radius 2 is 1.72 bits per heavy atom. The monoisotopic (exact) mass is 348 g/mol. The van der Waals surface area contributed by atoms with Gasteiger partial charge < -0.3 is 9.64 Å². The zero-order valence-corrected chi connectivity index (χ0v) is 13.3. The summed E-state index contributed by atoms with van der Waals surface area (Å²) in [6.07, 6.45) is -3.20. The molecule has 0 fully saturated rings. The molecule has 5 nitrogen and oxygen atoms in total. The van der Waals surface area contributed by atoms with Crippen LogP contribution in [0.3, 0.4) is 0 Å². The minimum absolute atomic E-state index is 0.280. The van der Waals surface area contributed by atoms with Crippen molar-refractivity contribution in [3.05, 3.63) is 66.5 Å². The molecule has 3 aromatic rings. The van der Waals surface area contributed by atoms with Crippen LogP contribution in [-0.2, 0) is 6.54 Å². The lowest BCUT2D eigenvalue weighted by Gasteiger charge is -2.14. The second kappa shape index (κ2) is 6.84. The van der Waals surface area contributed by atoms with Crippen LogP contribution in [0.4, 0.5) is 19.1 Å². The van der Waals surface area contributed by atoms with Gasteiger partial charge in [-0.25, -0.2) is 4.68 Å². The number of alkyl halides is 3. The minimum Gasteiger partial charge on any atom is -0.406 e. The van der Waals surface area contributed by atoms with E-state index in [-0.39, 0.29) is 5.75 Å². The molecule has 0 saturated carbocycles. The van der Waals surface area contributed by atoms with Gasteiger partial charge in [-0.3, -0.25) is 0 Å². The molecule has 8 heteroatoms. The van der Waals surface area contributed by atoms with Crippen LogP contribution < -0.4 is 9.64 Å². The predicted octanol–water partition coefficient (Wildman–Crippen LogP) is 3.80. The van der Waals surface area contributed by atoms with Gasteiger partial charge in [0.15, 0.2) is 0 Å². The predicted molar refractivity (Wildman–Crippen MR) is 86.6 cm³/mol. The van der Waals surface area contributed by atoms with Gasteiger partial charge >= 0.3 is 6.36 Å². The van der Waals surface area contributed by atoms with Crippen molar-refractivity contribution in [2.75, 3.05) is 11.9 Å². The second-order valence-corrected chi connectivity index (χ2v) is 5.37. The van der Waals surface area contributed by atoms with Crippen molar-refractivity contribution < 1.29 is 17.9 Å². The number of nitrogens with zero attached hydrogens (tertiary/aromatic N) is 4. The van der Waals surface area contributed by atoms with E-state index in [9.17, 15) is 13.2 Å². The van der Waals surface area contributed by atoms with Crippen molar-refractivity contribution in [3.8, 4) is 11.4 Å². The van der Waals surface area contributed by atoms with Crippen molar-refractivity contribution in [2.45, 2.75) is 12.9 Å². The maximum Gasteiger partial charge on any atom is 0.573 e. The summed E-state index contributed by atoms with van der Waals surface area (Å²) in [5, 5.41) is 4.35. The second-order valence-electron chi connectivity index (χ2n) is 5.37. The van der Waals surface area contributed by atoms with Crippen LogP contribution in [0.15, 0.2) is 60.9 Å². The Morgan fingerprint density at radius 1 is 1.04 bits per heavy atom. The van der Waals surface area contributed by atoms with Gasteiger partial charge in [0.1, 0.15) is 12.1 Å². The van der Waals surface area contributed by atoms with Crippen LogP contribution in [0.5, 0.6) is 5.75 Å². The van der Waals surface area contributed by atoms with Crippen molar-refractivity contribution in [1.29, 1.82) is 0 Å². The van der Waals surface area contributed by atoms with Gasteiger partial charge in [0.2, 0.25) is 5.95 Å². The molecule has 1 heterocycles. The number of hydrogen-bond donors (Lipinski definition) is 0. The van der Waals surface area contributed by atoms with Crippen molar-refractivity contribution in [2.24, 2.45) is 0 Å². The molecule has 130 valence electrons. The molecule has 0 aliphatic heterocycles. The molecule has 3 rings (SSSR count). The quantitative estimate of drug-likeness (QED) is 0.703. The Balaban J connectivity index is 1.70. The number of anilines is 1. The molecule has 0 atom stereocenters. The average molecular weight is 348 g/mol. The fourth-order valence-electron chi connectivity index (χ4n) is 2.28. The lowest BCUT2D eigenvalue weighted by molar-refractivity contribution is -0.274. The van der Waals surface area contributed by atoms with E-state index in [1.165, 1.54) is 35.3 Å². The highest BCUT2D eigenvalue weighted by Crippen LogP contribution is 2.23. The smallest absolute Gasteiger partial charge is 0.406 e. The van der Waals surface area contributed by atoms with E-state index in [1.54, 1.807) is 0 Å². The van der Waals surface area contributed by atoms with Crippen LogP contribution in [0.1, 0.15) is 5.56 Å². The number of benzene rings is 2. The fourth-order valence-corrected chi connectivity index (χ4v) is 2.28. The molecular formula is C17H15F3N4O. The van der Waals surface area contributed by atoms with E-state index in [0.717, 1.165) is 5.56 Å². The molecule has 25 heavy (non-hydrogen) atoms.